The third-order valence-electron chi connectivity index (χ3n) is 5.21. The average molecular weight is 368 g/mol. The number of carbonyl (C=O) groups excluding carboxylic acids is 1. The highest BCUT2D eigenvalue weighted by molar-refractivity contribution is 5.95. The van der Waals surface area contributed by atoms with Crippen LogP contribution in [0.25, 0.3) is 0 Å². The van der Waals surface area contributed by atoms with E-state index in [9.17, 15) is 4.79 Å². The summed E-state index contributed by atoms with van der Waals surface area (Å²) in [5.41, 5.74) is 2.63. The van der Waals surface area contributed by atoms with Gasteiger partial charge in [0.05, 0.1) is 12.0 Å². The smallest absolute Gasteiger partial charge is 0.233 e. The number of aryl methyl sites for hydroxylation is 1. The molecule has 5 nitrogen and oxygen atoms in total. The molecule has 0 saturated carbocycles. The summed E-state index contributed by atoms with van der Waals surface area (Å²) in [5, 5.41) is 6.37. The molecule has 1 aliphatic rings. The van der Waals surface area contributed by atoms with Crippen molar-refractivity contribution in [2.75, 3.05) is 32.1 Å². The molecule has 0 bridgehead atoms. The van der Waals surface area contributed by atoms with Gasteiger partial charge in [-0.05, 0) is 56.1 Å². The van der Waals surface area contributed by atoms with Crippen molar-refractivity contribution in [1.82, 2.24) is 5.32 Å². The third-order valence-corrected chi connectivity index (χ3v) is 5.21. The summed E-state index contributed by atoms with van der Waals surface area (Å²) in [6.45, 7) is 4.67. The Morgan fingerprint density at radius 2 is 1.93 bits per heavy atom. The van der Waals surface area contributed by atoms with E-state index < -0.39 is 5.41 Å². The molecule has 1 heterocycles. The van der Waals surface area contributed by atoms with Crippen molar-refractivity contribution in [1.29, 1.82) is 0 Å². The normalized spacial score (nSPS) is 15.9. The van der Waals surface area contributed by atoms with Gasteiger partial charge < -0.3 is 20.1 Å². The highest BCUT2D eigenvalue weighted by Gasteiger charge is 2.39. The van der Waals surface area contributed by atoms with Gasteiger partial charge in [0.25, 0.3) is 0 Å². The zero-order valence-electron chi connectivity index (χ0n) is 16.1. The van der Waals surface area contributed by atoms with Crippen molar-refractivity contribution in [3.05, 3.63) is 59.7 Å². The van der Waals surface area contributed by atoms with Crippen LogP contribution in [0.1, 0.15) is 24.0 Å². The van der Waals surface area contributed by atoms with Gasteiger partial charge in [-0.15, -0.1) is 0 Å². The van der Waals surface area contributed by atoms with E-state index in [0.717, 1.165) is 42.9 Å². The van der Waals surface area contributed by atoms with Crippen molar-refractivity contribution < 1.29 is 14.3 Å². The lowest BCUT2D eigenvalue weighted by Gasteiger charge is -2.35. The highest BCUT2D eigenvalue weighted by Crippen LogP contribution is 2.31. The summed E-state index contributed by atoms with van der Waals surface area (Å²) in [7, 11) is 1.65. The molecule has 27 heavy (non-hydrogen) atoms. The number of methoxy groups -OCH3 is 1. The van der Waals surface area contributed by atoms with E-state index in [1.807, 2.05) is 36.4 Å². The average Bonchev–Trinajstić information content (AvgIpc) is 2.68. The molecule has 0 spiro atoms. The summed E-state index contributed by atoms with van der Waals surface area (Å²) in [4.78, 5) is 13.0. The number of amides is 1. The van der Waals surface area contributed by atoms with Crippen LogP contribution in [0.5, 0.6) is 5.75 Å². The van der Waals surface area contributed by atoms with Gasteiger partial charge in [-0.3, -0.25) is 4.79 Å². The maximum Gasteiger partial charge on any atom is 0.233 e. The monoisotopic (exact) mass is 368 g/mol. The molecule has 0 aromatic heterocycles. The maximum atomic E-state index is 13.0. The molecule has 1 saturated heterocycles. The maximum absolute atomic E-state index is 13.0. The first-order valence-corrected chi connectivity index (χ1v) is 9.41. The van der Waals surface area contributed by atoms with Crippen LogP contribution in [0.4, 0.5) is 5.69 Å². The Morgan fingerprint density at radius 3 is 2.67 bits per heavy atom. The predicted octanol–water partition coefficient (Wildman–Crippen LogP) is 3.53. The lowest BCUT2D eigenvalue weighted by molar-refractivity contribution is -0.130. The van der Waals surface area contributed by atoms with E-state index in [2.05, 4.69) is 29.7 Å². The lowest BCUT2D eigenvalue weighted by Crippen LogP contribution is -2.47. The van der Waals surface area contributed by atoms with Gasteiger partial charge in [-0.25, -0.2) is 0 Å². The molecule has 0 atom stereocenters. The first kappa shape index (κ1) is 19.4. The van der Waals surface area contributed by atoms with E-state index >= 15 is 0 Å². The molecule has 2 N–H and O–H groups in total. The summed E-state index contributed by atoms with van der Waals surface area (Å²) < 4.78 is 11.3. The second kappa shape index (κ2) is 9.02. The van der Waals surface area contributed by atoms with Crippen LogP contribution >= 0.6 is 0 Å². The van der Waals surface area contributed by atoms with Gasteiger partial charge in [0, 0.05) is 18.9 Å². The number of ether oxygens (including phenoxy) is 2. The van der Waals surface area contributed by atoms with Crippen LogP contribution in [-0.4, -0.2) is 32.7 Å². The van der Waals surface area contributed by atoms with Gasteiger partial charge in [0.1, 0.15) is 12.4 Å². The van der Waals surface area contributed by atoms with Crippen molar-refractivity contribution >= 4 is 11.6 Å². The van der Waals surface area contributed by atoms with E-state index in [0.29, 0.717) is 13.2 Å². The third kappa shape index (κ3) is 4.87. The van der Waals surface area contributed by atoms with Crippen LogP contribution < -0.4 is 15.4 Å². The molecule has 0 radical (unpaired) electrons. The zero-order valence-corrected chi connectivity index (χ0v) is 16.1. The van der Waals surface area contributed by atoms with Gasteiger partial charge in [-0.2, -0.15) is 0 Å². The minimum atomic E-state index is -0.474. The number of anilines is 1. The Kier molecular flexibility index (Phi) is 6.48. The topological polar surface area (TPSA) is 59.6 Å². The van der Waals surface area contributed by atoms with Crippen LogP contribution in [0, 0.1) is 12.3 Å². The molecule has 1 fully saturated rings. The SMILES string of the molecule is COCC1(C(=O)Nc2cccc(OCc3ccccc3C)c2)CCNCC1. The molecule has 2 aromatic rings. The second-order valence-electron chi connectivity index (χ2n) is 7.16. The van der Waals surface area contributed by atoms with Gasteiger partial charge in [-0.1, -0.05) is 30.3 Å². The first-order chi connectivity index (χ1) is 13.1. The van der Waals surface area contributed by atoms with Crippen molar-refractivity contribution in [2.45, 2.75) is 26.4 Å². The fourth-order valence-electron chi connectivity index (χ4n) is 3.48. The molecule has 3 rings (SSSR count). The number of benzene rings is 2. The lowest BCUT2D eigenvalue weighted by atomic mass is 9.78. The molecule has 1 amide bonds. The first-order valence-electron chi connectivity index (χ1n) is 9.41. The van der Waals surface area contributed by atoms with Crippen LogP contribution in [0.3, 0.4) is 0 Å². The minimum Gasteiger partial charge on any atom is -0.489 e. The minimum absolute atomic E-state index is 0.0157. The standard InChI is InChI=1S/C22H28N2O3/c1-17-6-3-4-7-18(17)15-27-20-9-5-8-19(14-20)24-21(25)22(16-26-2)10-12-23-13-11-22/h3-9,14,23H,10-13,15-16H2,1-2H3,(H,24,25). The van der Waals surface area contributed by atoms with Crippen LogP contribution in [0.2, 0.25) is 0 Å². The molecular weight excluding hydrogens is 340 g/mol. The fourth-order valence-corrected chi connectivity index (χ4v) is 3.48. The number of hydrogen-bond acceptors (Lipinski definition) is 4. The molecule has 5 heteroatoms. The predicted molar refractivity (Wildman–Crippen MR) is 107 cm³/mol. The zero-order chi connectivity index (χ0) is 19.1. The van der Waals surface area contributed by atoms with E-state index in [1.165, 1.54) is 5.56 Å². The Balaban J connectivity index is 1.66. The summed E-state index contributed by atoms with van der Waals surface area (Å²) in [6.07, 6.45) is 1.55. The molecule has 0 aliphatic carbocycles. The van der Waals surface area contributed by atoms with E-state index in [-0.39, 0.29) is 5.91 Å². The van der Waals surface area contributed by atoms with E-state index in [1.54, 1.807) is 7.11 Å². The number of carbonyl (C=O) groups is 1. The van der Waals surface area contributed by atoms with Gasteiger partial charge in [0.15, 0.2) is 0 Å². The van der Waals surface area contributed by atoms with Crippen molar-refractivity contribution in [3.8, 4) is 5.75 Å². The Labute approximate surface area is 161 Å². The largest absolute Gasteiger partial charge is 0.489 e. The van der Waals surface area contributed by atoms with Crippen molar-refractivity contribution in [2.24, 2.45) is 5.41 Å². The summed E-state index contributed by atoms with van der Waals surface area (Å²) in [5.74, 6) is 0.754. The Hall–Kier alpha value is -2.37. The number of piperidine rings is 1. The molecule has 144 valence electrons. The Morgan fingerprint density at radius 1 is 1.15 bits per heavy atom. The van der Waals surface area contributed by atoms with Gasteiger partial charge >= 0.3 is 0 Å². The summed E-state index contributed by atoms with van der Waals surface area (Å²) in [6, 6.07) is 15.7. The van der Waals surface area contributed by atoms with Crippen molar-refractivity contribution in [3.63, 3.8) is 0 Å². The Bertz CT molecular complexity index is 764. The van der Waals surface area contributed by atoms with Gasteiger partial charge in [0.2, 0.25) is 5.91 Å². The fraction of sp³-hybridized carbons (Fsp3) is 0.409. The number of nitrogens with one attached hydrogen (secondary N) is 2. The molecular formula is C22H28N2O3. The molecule has 0 unspecified atom stereocenters. The number of rotatable bonds is 7. The summed E-state index contributed by atoms with van der Waals surface area (Å²) >= 11 is 0. The van der Waals surface area contributed by atoms with Crippen LogP contribution in [-0.2, 0) is 16.1 Å². The quantitative estimate of drug-likeness (QED) is 0.785. The molecule has 1 aliphatic heterocycles. The van der Waals surface area contributed by atoms with Crippen LogP contribution in [0.15, 0.2) is 48.5 Å². The molecule has 2 aromatic carbocycles. The highest BCUT2D eigenvalue weighted by atomic mass is 16.5. The number of hydrogen-bond donors (Lipinski definition) is 2. The van der Waals surface area contributed by atoms with E-state index in [4.69, 9.17) is 9.47 Å². The second-order valence-corrected chi connectivity index (χ2v) is 7.16.